The maximum atomic E-state index is 12.1. The Morgan fingerprint density at radius 1 is 1.41 bits per heavy atom. The molecule has 0 aliphatic carbocycles. The van der Waals surface area contributed by atoms with Gasteiger partial charge in [-0.25, -0.2) is 4.79 Å². The molecule has 1 aliphatic heterocycles. The minimum Gasteiger partial charge on any atom is -0.480 e. The van der Waals surface area contributed by atoms with E-state index in [0.717, 1.165) is 12.8 Å². The quantitative estimate of drug-likeness (QED) is 0.802. The second-order valence-electron chi connectivity index (χ2n) is 5.20. The van der Waals surface area contributed by atoms with E-state index in [-0.39, 0.29) is 5.91 Å². The SMILES string of the molecule is CCC(CC(=O)N1CCC[C@H]1C(=O)O)C(C)C. The Balaban J connectivity index is 2.60. The van der Waals surface area contributed by atoms with Crippen LogP contribution < -0.4 is 0 Å². The Morgan fingerprint density at radius 2 is 2.06 bits per heavy atom. The summed E-state index contributed by atoms with van der Waals surface area (Å²) in [5.74, 6) is -0.0312. The van der Waals surface area contributed by atoms with Crippen molar-refractivity contribution in [2.24, 2.45) is 11.8 Å². The molecular formula is C13H23NO3. The molecule has 0 aromatic rings. The first-order chi connectivity index (χ1) is 7.97. The topological polar surface area (TPSA) is 57.6 Å². The van der Waals surface area contributed by atoms with Crippen molar-refractivity contribution in [2.75, 3.05) is 6.54 Å². The molecule has 1 rings (SSSR count). The molecule has 0 aromatic heterocycles. The van der Waals surface area contributed by atoms with Crippen molar-refractivity contribution < 1.29 is 14.7 Å². The van der Waals surface area contributed by atoms with Gasteiger partial charge in [-0.05, 0) is 24.7 Å². The van der Waals surface area contributed by atoms with E-state index in [0.29, 0.717) is 31.2 Å². The fourth-order valence-electron chi connectivity index (χ4n) is 2.51. The number of hydrogen-bond acceptors (Lipinski definition) is 2. The summed E-state index contributed by atoms with van der Waals surface area (Å²) in [6, 6.07) is -0.591. The average Bonchev–Trinajstić information content (AvgIpc) is 2.73. The summed E-state index contributed by atoms with van der Waals surface area (Å²) in [6.45, 7) is 6.90. The van der Waals surface area contributed by atoms with Crippen LogP contribution in [0, 0.1) is 11.8 Å². The highest BCUT2D eigenvalue weighted by atomic mass is 16.4. The predicted molar refractivity (Wildman–Crippen MR) is 65.6 cm³/mol. The largest absolute Gasteiger partial charge is 0.480 e. The highest BCUT2D eigenvalue weighted by Crippen LogP contribution is 2.24. The van der Waals surface area contributed by atoms with Crippen LogP contribution in [0.4, 0.5) is 0 Å². The van der Waals surface area contributed by atoms with E-state index in [2.05, 4.69) is 20.8 Å². The van der Waals surface area contributed by atoms with Gasteiger partial charge in [-0.3, -0.25) is 4.79 Å². The molecule has 17 heavy (non-hydrogen) atoms. The third-order valence-corrected chi connectivity index (χ3v) is 3.76. The summed E-state index contributed by atoms with van der Waals surface area (Å²) >= 11 is 0. The number of aliphatic carboxylic acids is 1. The van der Waals surface area contributed by atoms with Gasteiger partial charge in [0.2, 0.25) is 5.91 Å². The van der Waals surface area contributed by atoms with Gasteiger partial charge in [-0.2, -0.15) is 0 Å². The summed E-state index contributed by atoms with van der Waals surface area (Å²) in [4.78, 5) is 24.7. The van der Waals surface area contributed by atoms with E-state index in [9.17, 15) is 9.59 Å². The smallest absolute Gasteiger partial charge is 0.326 e. The Bertz CT molecular complexity index is 288. The molecule has 1 heterocycles. The molecule has 4 nitrogen and oxygen atoms in total. The number of nitrogens with zero attached hydrogens (tertiary/aromatic N) is 1. The summed E-state index contributed by atoms with van der Waals surface area (Å²) in [6.07, 6.45) is 2.85. The third-order valence-electron chi connectivity index (χ3n) is 3.76. The first-order valence-electron chi connectivity index (χ1n) is 6.49. The van der Waals surface area contributed by atoms with Crippen molar-refractivity contribution in [1.82, 2.24) is 4.90 Å². The Hall–Kier alpha value is -1.06. The Kier molecular flexibility index (Phi) is 4.97. The normalized spacial score (nSPS) is 21.9. The van der Waals surface area contributed by atoms with E-state index in [1.807, 2.05) is 0 Å². The molecule has 1 amide bonds. The second kappa shape index (κ2) is 6.03. The van der Waals surface area contributed by atoms with E-state index in [1.165, 1.54) is 0 Å². The van der Waals surface area contributed by atoms with Gasteiger partial charge < -0.3 is 10.0 Å². The molecule has 1 fully saturated rings. The van der Waals surface area contributed by atoms with Crippen molar-refractivity contribution in [3.63, 3.8) is 0 Å². The van der Waals surface area contributed by atoms with Crippen LogP contribution in [0.2, 0.25) is 0 Å². The average molecular weight is 241 g/mol. The van der Waals surface area contributed by atoms with Gasteiger partial charge in [0.15, 0.2) is 0 Å². The Morgan fingerprint density at radius 3 is 2.53 bits per heavy atom. The first-order valence-corrected chi connectivity index (χ1v) is 6.49. The second-order valence-corrected chi connectivity index (χ2v) is 5.20. The van der Waals surface area contributed by atoms with E-state index in [1.54, 1.807) is 4.90 Å². The zero-order valence-corrected chi connectivity index (χ0v) is 11.0. The monoisotopic (exact) mass is 241 g/mol. The maximum Gasteiger partial charge on any atom is 0.326 e. The standard InChI is InChI=1S/C13H23NO3/c1-4-10(9(2)3)8-12(15)14-7-5-6-11(14)13(16)17/h9-11H,4-8H2,1-3H3,(H,16,17)/t10?,11-/m0/s1. The van der Waals surface area contributed by atoms with Crippen molar-refractivity contribution in [2.45, 2.75) is 52.5 Å². The first kappa shape index (κ1) is 14.0. The lowest BCUT2D eigenvalue weighted by Crippen LogP contribution is -2.41. The van der Waals surface area contributed by atoms with Crippen molar-refractivity contribution >= 4 is 11.9 Å². The summed E-state index contributed by atoms with van der Waals surface area (Å²) < 4.78 is 0. The van der Waals surface area contributed by atoms with Gasteiger partial charge in [-0.1, -0.05) is 27.2 Å². The van der Waals surface area contributed by atoms with E-state index >= 15 is 0 Å². The maximum absolute atomic E-state index is 12.1. The lowest BCUT2D eigenvalue weighted by atomic mass is 9.89. The van der Waals surface area contributed by atoms with Crippen LogP contribution in [0.5, 0.6) is 0 Å². The molecule has 1 aliphatic rings. The molecule has 4 heteroatoms. The number of likely N-dealkylation sites (tertiary alicyclic amines) is 1. The fourth-order valence-corrected chi connectivity index (χ4v) is 2.51. The van der Waals surface area contributed by atoms with Gasteiger partial charge in [0.1, 0.15) is 6.04 Å². The molecule has 98 valence electrons. The van der Waals surface area contributed by atoms with Gasteiger partial charge in [0.05, 0.1) is 0 Å². The number of carboxylic acid groups (broad SMARTS) is 1. The van der Waals surface area contributed by atoms with Crippen molar-refractivity contribution in [3.05, 3.63) is 0 Å². The molecule has 1 saturated heterocycles. The van der Waals surface area contributed by atoms with Crippen LogP contribution >= 0.6 is 0 Å². The lowest BCUT2D eigenvalue weighted by molar-refractivity contribution is -0.148. The van der Waals surface area contributed by atoms with Crippen molar-refractivity contribution in [3.8, 4) is 0 Å². The molecule has 0 bridgehead atoms. The molecule has 0 spiro atoms. The minimum absolute atomic E-state index is 0.00968. The summed E-state index contributed by atoms with van der Waals surface area (Å²) in [7, 11) is 0. The van der Waals surface area contributed by atoms with Gasteiger partial charge in [-0.15, -0.1) is 0 Å². The zero-order valence-electron chi connectivity index (χ0n) is 11.0. The minimum atomic E-state index is -0.867. The fraction of sp³-hybridized carbons (Fsp3) is 0.846. The number of amides is 1. The van der Waals surface area contributed by atoms with Gasteiger partial charge in [0, 0.05) is 13.0 Å². The number of hydrogen-bond donors (Lipinski definition) is 1. The molecular weight excluding hydrogens is 218 g/mol. The molecule has 1 N–H and O–H groups in total. The number of carbonyl (C=O) groups is 2. The highest BCUT2D eigenvalue weighted by Gasteiger charge is 2.34. The molecule has 0 saturated carbocycles. The molecule has 2 atom stereocenters. The summed E-state index contributed by atoms with van der Waals surface area (Å²) in [5, 5.41) is 9.04. The van der Waals surface area contributed by atoms with Crippen LogP contribution in [0.15, 0.2) is 0 Å². The van der Waals surface area contributed by atoms with Crippen LogP contribution in [-0.4, -0.2) is 34.5 Å². The van der Waals surface area contributed by atoms with Gasteiger partial charge in [0.25, 0.3) is 0 Å². The third kappa shape index (κ3) is 3.45. The summed E-state index contributed by atoms with van der Waals surface area (Å²) in [5.41, 5.74) is 0. The number of carbonyl (C=O) groups excluding carboxylic acids is 1. The highest BCUT2D eigenvalue weighted by molar-refractivity contribution is 5.84. The predicted octanol–water partition coefficient (Wildman–Crippen LogP) is 2.13. The number of rotatable bonds is 5. The van der Waals surface area contributed by atoms with E-state index in [4.69, 9.17) is 5.11 Å². The number of carboxylic acids is 1. The van der Waals surface area contributed by atoms with Crippen LogP contribution in [0.3, 0.4) is 0 Å². The van der Waals surface area contributed by atoms with Gasteiger partial charge >= 0.3 is 5.97 Å². The lowest BCUT2D eigenvalue weighted by Gasteiger charge is -2.25. The Labute approximate surface area is 103 Å². The molecule has 0 aromatic carbocycles. The van der Waals surface area contributed by atoms with Crippen molar-refractivity contribution in [1.29, 1.82) is 0 Å². The molecule has 0 radical (unpaired) electrons. The van der Waals surface area contributed by atoms with Crippen LogP contribution in [0.25, 0.3) is 0 Å². The van der Waals surface area contributed by atoms with E-state index < -0.39 is 12.0 Å². The van der Waals surface area contributed by atoms with Crippen LogP contribution in [0.1, 0.15) is 46.5 Å². The van der Waals surface area contributed by atoms with Crippen LogP contribution in [-0.2, 0) is 9.59 Å². The molecule has 1 unspecified atom stereocenters. The zero-order chi connectivity index (χ0) is 13.0.